The molecule has 0 amide bonds. The predicted octanol–water partition coefficient (Wildman–Crippen LogP) is 4.31. The van der Waals surface area contributed by atoms with Crippen LogP contribution in [-0.2, 0) is 29.7 Å². The standard InChI is InChI=1S/C24H29NO5S/c1-17-9-11-18(12-10-17)31(27,28)25-20-8-6-5-7-19(20)24(15-16-29-22(24)25)14-13-21(26)30-23(2,3)4/h5-12,22H,13-16H2,1-4H3/t22-,24-/m0/s1. The van der Waals surface area contributed by atoms with Crippen molar-refractivity contribution in [3.05, 3.63) is 59.7 Å². The average molecular weight is 444 g/mol. The quantitative estimate of drug-likeness (QED) is 0.644. The lowest BCUT2D eigenvalue weighted by Gasteiger charge is -2.32. The van der Waals surface area contributed by atoms with Gasteiger partial charge in [-0.15, -0.1) is 0 Å². The molecule has 1 fully saturated rings. The Morgan fingerprint density at radius 2 is 1.84 bits per heavy atom. The van der Waals surface area contributed by atoms with Crippen LogP contribution in [0.3, 0.4) is 0 Å². The van der Waals surface area contributed by atoms with Gasteiger partial charge in [-0.05, 0) is 64.3 Å². The molecule has 7 heteroatoms. The van der Waals surface area contributed by atoms with Gasteiger partial charge in [-0.1, -0.05) is 35.9 Å². The van der Waals surface area contributed by atoms with Crippen molar-refractivity contribution in [2.45, 2.75) is 69.1 Å². The Bertz CT molecular complexity index is 1090. The van der Waals surface area contributed by atoms with Crippen molar-refractivity contribution >= 4 is 21.7 Å². The fourth-order valence-electron chi connectivity index (χ4n) is 4.59. The van der Waals surface area contributed by atoms with E-state index in [1.54, 1.807) is 24.3 Å². The number of para-hydroxylation sites is 1. The molecule has 2 aromatic carbocycles. The Morgan fingerprint density at radius 3 is 2.52 bits per heavy atom. The minimum atomic E-state index is -3.84. The number of rotatable bonds is 5. The Morgan fingerprint density at radius 1 is 1.16 bits per heavy atom. The van der Waals surface area contributed by atoms with E-state index >= 15 is 0 Å². The van der Waals surface area contributed by atoms with Crippen LogP contribution in [0.15, 0.2) is 53.4 Å². The van der Waals surface area contributed by atoms with Crippen LogP contribution in [0, 0.1) is 6.92 Å². The van der Waals surface area contributed by atoms with Gasteiger partial charge in [0.05, 0.1) is 17.2 Å². The predicted molar refractivity (Wildman–Crippen MR) is 118 cm³/mol. The van der Waals surface area contributed by atoms with Crippen molar-refractivity contribution in [3.63, 3.8) is 0 Å². The molecule has 2 aromatic rings. The molecule has 0 saturated carbocycles. The highest BCUT2D eigenvalue weighted by molar-refractivity contribution is 7.92. The Hall–Kier alpha value is -2.38. The van der Waals surface area contributed by atoms with Gasteiger partial charge in [-0.25, -0.2) is 12.7 Å². The zero-order valence-corrected chi connectivity index (χ0v) is 19.2. The molecule has 0 spiro atoms. The highest BCUT2D eigenvalue weighted by Gasteiger charge is 2.58. The SMILES string of the molecule is Cc1ccc(S(=O)(=O)N2c3ccccc3[C@]3(CCC(=O)OC(C)(C)C)CCO[C@H]23)cc1. The first-order chi connectivity index (χ1) is 14.5. The summed E-state index contributed by atoms with van der Waals surface area (Å²) in [6.45, 7) is 7.87. The third-order valence-corrected chi connectivity index (χ3v) is 7.73. The molecular weight excluding hydrogens is 414 g/mol. The minimum absolute atomic E-state index is 0.198. The summed E-state index contributed by atoms with van der Waals surface area (Å²) in [6.07, 6.45) is 0.628. The van der Waals surface area contributed by atoms with Crippen molar-refractivity contribution in [1.82, 2.24) is 0 Å². The number of fused-ring (bicyclic) bond motifs is 3. The normalized spacial score (nSPS) is 22.8. The number of nitrogens with zero attached hydrogens (tertiary/aromatic N) is 1. The lowest BCUT2D eigenvalue weighted by molar-refractivity contribution is -0.155. The lowest BCUT2D eigenvalue weighted by atomic mass is 9.76. The van der Waals surface area contributed by atoms with E-state index in [2.05, 4.69) is 0 Å². The van der Waals surface area contributed by atoms with Crippen LogP contribution in [0.5, 0.6) is 0 Å². The first kappa shape index (κ1) is 21.8. The van der Waals surface area contributed by atoms with Crippen LogP contribution in [0.4, 0.5) is 5.69 Å². The number of hydrogen-bond acceptors (Lipinski definition) is 5. The van der Waals surface area contributed by atoms with Gasteiger partial charge in [0.15, 0.2) is 6.23 Å². The number of esters is 1. The van der Waals surface area contributed by atoms with Gasteiger partial charge < -0.3 is 9.47 Å². The molecule has 0 aromatic heterocycles. The molecule has 0 unspecified atom stereocenters. The van der Waals surface area contributed by atoms with E-state index in [9.17, 15) is 13.2 Å². The van der Waals surface area contributed by atoms with E-state index in [0.29, 0.717) is 25.1 Å². The van der Waals surface area contributed by atoms with Crippen molar-refractivity contribution in [2.24, 2.45) is 0 Å². The third-order valence-electron chi connectivity index (χ3n) is 5.96. The molecule has 4 rings (SSSR count). The molecule has 0 N–H and O–H groups in total. The summed E-state index contributed by atoms with van der Waals surface area (Å²) in [6, 6.07) is 14.4. The van der Waals surface area contributed by atoms with E-state index in [4.69, 9.17) is 9.47 Å². The zero-order valence-electron chi connectivity index (χ0n) is 18.4. The molecular formula is C24H29NO5S. The van der Waals surface area contributed by atoms with Gasteiger partial charge in [-0.2, -0.15) is 0 Å². The number of ether oxygens (including phenoxy) is 2. The van der Waals surface area contributed by atoms with Crippen molar-refractivity contribution in [2.75, 3.05) is 10.9 Å². The lowest BCUT2D eigenvalue weighted by Crippen LogP contribution is -2.45. The average Bonchev–Trinajstić information content (AvgIpc) is 3.21. The van der Waals surface area contributed by atoms with Crippen LogP contribution >= 0.6 is 0 Å². The van der Waals surface area contributed by atoms with E-state index in [1.165, 1.54) is 4.31 Å². The Labute approximate surface area is 184 Å². The van der Waals surface area contributed by atoms with Gasteiger partial charge >= 0.3 is 5.97 Å². The van der Waals surface area contributed by atoms with E-state index in [1.807, 2.05) is 52.0 Å². The number of sulfonamides is 1. The van der Waals surface area contributed by atoms with Gasteiger partial charge in [0.2, 0.25) is 0 Å². The van der Waals surface area contributed by atoms with Gasteiger partial charge in [-0.3, -0.25) is 4.79 Å². The van der Waals surface area contributed by atoms with Crippen LogP contribution in [0.2, 0.25) is 0 Å². The first-order valence-corrected chi connectivity index (χ1v) is 12.0. The Balaban J connectivity index is 1.72. The Kier molecular flexibility index (Phi) is 5.38. The van der Waals surface area contributed by atoms with Crippen LogP contribution in [0.1, 0.15) is 51.2 Å². The van der Waals surface area contributed by atoms with Crippen LogP contribution in [0.25, 0.3) is 0 Å². The maximum atomic E-state index is 13.7. The van der Waals surface area contributed by atoms with Crippen LogP contribution in [-0.4, -0.2) is 32.8 Å². The van der Waals surface area contributed by atoms with Gasteiger partial charge in [0.1, 0.15) is 5.60 Å². The van der Waals surface area contributed by atoms with Crippen LogP contribution < -0.4 is 4.31 Å². The number of aryl methyl sites for hydroxylation is 1. The first-order valence-electron chi connectivity index (χ1n) is 10.6. The summed E-state index contributed by atoms with van der Waals surface area (Å²) in [4.78, 5) is 12.7. The number of benzene rings is 2. The molecule has 0 aliphatic carbocycles. The largest absolute Gasteiger partial charge is 0.460 e. The molecule has 166 valence electrons. The summed E-state index contributed by atoms with van der Waals surface area (Å²) < 4.78 is 40.3. The maximum Gasteiger partial charge on any atom is 0.306 e. The summed E-state index contributed by atoms with van der Waals surface area (Å²) in [5.41, 5.74) is 1.39. The maximum absolute atomic E-state index is 13.7. The molecule has 2 heterocycles. The van der Waals surface area contributed by atoms with E-state index in [-0.39, 0.29) is 17.3 Å². The van der Waals surface area contributed by atoms with E-state index < -0.39 is 27.3 Å². The second-order valence-corrected chi connectivity index (χ2v) is 11.2. The summed E-state index contributed by atoms with van der Waals surface area (Å²) in [5.74, 6) is -0.287. The van der Waals surface area contributed by atoms with Crippen molar-refractivity contribution < 1.29 is 22.7 Å². The monoisotopic (exact) mass is 443 g/mol. The second kappa shape index (κ2) is 7.64. The highest BCUT2D eigenvalue weighted by Crippen LogP contribution is 2.55. The number of anilines is 1. The minimum Gasteiger partial charge on any atom is -0.460 e. The highest BCUT2D eigenvalue weighted by atomic mass is 32.2. The van der Waals surface area contributed by atoms with Gasteiger partial charge in [0, 0.05) is 11.8 Å². The van der Waals surface area contributed by atoms with Crippen molar-refractivity contribution in [3.8, 4) is 0 Å². The second-order valence-electron chi connectivity index (χ2n) is 9.35. The summed E-state index contributed by atoms with van der Waals surface area (Å²) >= 11 is 0. The molecule has 2 aliphatic rings. The summed E-state index contributed by atoms with van der Waals surface area (Å²) in [7, 11) is -3.84. The smallest absolute Gasteiger partial charge is 0.306 e. The molecule has 6 nitrogen and oxygen atoms in total. The molecule has 2 atom stereocenters. The fourth-order valence-corrected chi connectivity index (χ4v) is 6.23. The molecule has 31 heavy (non-hydrogen) atoms. The van der Waals surface area contributed by atoms with Crippen molar-refractivity contribution in [1.29, 1.82) is 0 Å². The zero-order chi connectivity index (χ0) is 22.4. The molecule has 0 bridgehead atoms. The van der Waals surface area contributed by atoms with Gasteiger partial charge in [0.25, 0.3) is 10.0 Å². The summed E-state index contributed by atoms with van der Waals surface area (Å²) in [5, 5.41) is 0. The molecule has 1 saturated heterocycles. The molecule has 0 radical (unpaired) electrons. The number of carbonyl (C=O) groups is 1. The fraction of sp³-hybridized carbons (Fsp3) is 0.458. The number of hydrogen-bond donors (Lipinski definition) is 0. The third kappa shape index (κ3) is 3.85. The molecule has 2 aliphatic heterocycles. The number of carbonyl (C=O) groups excluding carboxylic acids is 1. The topological polar surface area (TPSA) is 72.9 Å². The van der Waals surface area contributed by atoms with E-state index in [0.717, 1.165) is 11.1 Å².